The highest BCUT2D eigenvalue weighted by atomic mass is 35.5. The molecule has 0 fully saturated rings. The first-order chi connectivity index (χ1) is 8.61. The van der Waals surface area contributed by atoms with Gasteiger partial charge in [0, 0.05) is 5.02 Å². The van der Waals surface area contributed by atoms with Crippen molar-refractivity contribution < 1.29 is 4.74 Å². The highest BCUT2D eigenvalue weighted by Crippen LogP contribution is 2.32. The smallest absolute Gasteiger partial charge is 0.121 e. The number of halogens is 2. The molecule has 18 heavy (non-hydrogen) atoms. The second-order valence-corrected chi connectivity index (χ2v) is 5.02. The summed E-state index contributed by atoms with van der Waals surface area (Å²) in [6.45, 7) is 2.00. The Morgan fingerprint density at radius 3 is 2.39 bits per heavy atom. The zero-order chi connectivity index (χ0) is 13.1. The zero-order valence-corrected chi connectivity index (χ0v) is 11.8. The van der Waals surface area contributed by atoms with Gasteiger partial charge in [-0.05, 0) is 41.8 Å². The summed E-state index contributed by atoms with van der Waals surface area (Å²) in [5, 5.41) is 0.497. The summed E-state index contributed by atoms with van der Waals surface area (Å²) >= 11 is 12.4. The molecule has 1 atom stereocenters. The van der Waals surface area contributed by atoms with Crippen molar-refractivity contribution in [1.29, 1.82) is 0 Å². The van der Waals surface area contributed by atoms with Crippen LogP contribution >= 0.6 is 23.2 Å². The van der Waals surface area contributed by atoms with E-state index in [1.54, 1.807) is 7.11 Å². The summed E-state index contributed by atoms with van der Waals surface area (Å²) in [6, 6.07) is 13.6. The standard InChI is InChI=1S/C15H14Cl2O/c1-10-8-12(6-7-14(10)18-2)15(17)11-4-3-5-13(16)9-11/h3-9,15H,1-2H3. The van der Waals surface area contributed by atoms with Crippen molar-refractivity contribution in [2.75, 3.05) is 7.11 Å². The minimum Gasteiger partial charge on any atom is -0.496 e. The minimum absolute atomic E-state index is 0.201. The van der Waals surface area contributed by atoms with Crippen LogP contribution < -0.4 is 4.74 Å². The van der Waals surface area contributed by atoms with Gasteiger partial charge in [-0.15, -0.1) is 11.6 Å². The van der Waals surface area contributed by atoms with Crippen LogP contribution in [-0.4, -0.2) is 7.11 Å². The van der Waals surface area contributed by atoms with Gasteiger partial charge < -0.3 is 4.74 Å². The van der Waals surface area contributed by atoms with E-state index in [9.17, 15) is 0 Å². The van der Waals surface area contributed by atoms with Gasteiger partial charge >= 0.3 is 0 Å². The van der Waals surface area contributed by atoms with E-state index >= 15 is 0 Å². The molecule has 0 heterocycles. The fraction of sp³-hybridized carbons (Fsp3) is 0.200. The minimum atomic E-state index is -0.201. The molecule has 0 N–H and O–H groups in total. The van der Waals surface area contributed by atoms with Crippen LogP contribution in [-0.2, 0) is 0 Å². The summed E-state index contributed by atoms with van der Waals surface area (Å²) in [6.07, 6.45) is 0. The van der Waals surface area contributed by atoms with Crippen LogP contribution in [0.1, 0.15) is 22.1 Å². The predicted octanol–water partition coefficient (Wildman–Crippen LogP) is 4.99. The molecule has 0 aliphatic carbocycles. The van der Waals surface area contributed by atoms with E-state index in [2.05, 4.69) is 0 Å². The molecule has 2 rings (SSSR count). The van der Waals surface area contributed by atoms with Crippen molar-refractivity contribution >= 4 is 23.2 Å². The van der Waals surface area contributed by atoms with E-state index in [4.69, 9.17) is 27.9 Å². The normalized spacial score (nSPS) is 12.2. The number of rotatable bonds is 3. The van der Waals surface area contributed by atoms with E-state index in [0.29, 0.717) is 5.02 Å². The maximum absolute atomic E-state index is 6.47. The molecule has 2 aromatic carbocycles. The van der Waals surface area contributed by atoms with Crippen LogP contribution in [0.25, 0.3) is 0 Å². The Balaban J connectivity index is 2.34. The zero-order valence-electron chi connectivity index (χ0n) is 10.3. The summed E-state index contributed by atoms with van der Waals surface area (Å²) < 4.78 is 5.24. The third-order valence-electron chi connectivity index (χ3n) is 2.85. The quantitative estimate of drug-likeness (QED) is 0.720. The lowest BCUT2D eigenvalue weighted by molar-refractivity contribution is 0.411. The van der Waals surface area contributed by atoms with Crippen LogP contribution in [0.2, 0.25) is 5.02 Å². The second-order valence-electron chi connectivity index (χ2n) is 4.15. The Labute approximate surface area is 117 Å². The number of benzene rings is 2. The molecular formula is C15H14Cl2O. The van der Waals surface area contributed by atoms with Gasteiger partial charge in [-0.3, -0.25) is 0 Å². The average Bonchev–Trinajstić information content (AvgIpc) is 2.37. The lowest BCUT2D eigenvalue weighted by atomic mass is 10.0. The molecule has 2 aromatic rings. The highest BCUT2D eigenvalue weighted by Gasteiger charge is 2.12. The maximum Gasteiger partial charge on any atom is 0.121 e. The van der Waals surface area contributed by atoms with Crippen molar-refractivity contribution in [3.8, 4) is 5.75 Å². The van der Waals surface area contributed by atoms with Crippen molar-refractivity contribution in [2.45, 2.75) is 12.3 Å². The van der Waals surface area contributed by atoms with Gasteiger partial charge in [-0.25, -0.2) is 0 Å². The van der Waals surface area contributed by atoms with Crippen LogP contribution in [0.4, 0.5) is 0 Å². The number of alkyl halides is 1. The van der Waals surface area contributed by atoms with E-state index in [1.807, 2.05) is 49.4 Å². The van der Waals surface area contributed by atoms with Crippen molar-refractivity contribution in [1.82, 2.24) is 0 Å². The summed E-state index contributed by atoms with van der Waals surface area (Å²) in [5.74, 6) is 0.869. The van der Waals surface area contributed by atoms with Crippen LogP contribution in [0.15, 0.2) is 42.5 Å². The molecule has 0 amide bonds. The van der Waals surface area contributed by atoms with Crippen LogP contribution in [0.3, 0.4) is 0 Å². The predicted molar refractivity (Wildman–Crippen MR) is 76.9 cm³/mol. The number of aryl methyl sites for hydroxylation is 1. The van der Waals surface area contributed by atoms with Crippen molar-refractivity contribution in [2.24, 2.45) is 0 Å². The maximum atomic E-state index is 6.47. The average molecular weight is 281 g/mol. The van der Waals surface area contributed by atoms with Crippen molar-refractivity contribution in [3.63, 3.8) is 0 Å². The first-order valence-corrected chi connectivity index (χ1v) is 6.47. The van der Waals surface area contributed by atoms with Gasteiger partial charge in [-0.1, -0.05) is 35.9 Å². The Bertz CT molecular complexity index is 552. The molecule has 0 spiro atoms. The summed E-state index contributed by atoms with van der Waals surface area (Å²) in [4.78, 5) is 0. The Hall–Kier alpha value is -1.18. The van der Waals surface area contributed by atoms with Gasteiger partial charge in [0.15, 0.2) is 0 Å². The van der Waals surface area contributed by atoms with Gasteiger partial charge in [0.05, 0.1) is 12.5 Å². The molecule has 1 nitrogen and oxygen atoms in total. The largest absolute Gasteiger partial charge is 0.496 e. The fourth-order valence-electron chi connectivity index (χ4n) is 1.92. The van der Waals surface area contributed by atoms with Gasteiger partial charge in [0.2, 0.25) is 0 Å². The molecule has 1 unspecified atom stereocenters. The summed E-state index contributed by atoms with van der Waals surface area (Å²) in [5.41, 5.74) is 3.11. The highest BCUT2D eigenvalue weighted by molar-refractivity contribution is 6.30. The van der Waals surface area contributed by atoms with E-state index in [1.165, 1.54) is 0 Å². The third kappa shape index (κ3) is 2.80. The molecule has 0 aliphatic heterocycles. The summed E-state index contributed by atoms with van der Waals surface area (Å²) in [7, 11) is 1.66. The van der Waals surface area contributed by atoms with Crippen LogP contribution in [0.5, 0.6) is 5.75 Å². The lowest BCUT2D eigenvalue weighted by Gasteiger charge is -2.13. The molecule has 3 heteroatoms. The molecule has 0 aliphatic rings. The first-order valence-electron chi connectivity index (χ1n) is 5.66. The Morgan fingerprint density at radius 1 is 1.06 bits per heavy atom. The number of methoxy groups -OCH3 is 1. The monoisotopic (exact) mass is 280 g/mol. The van der Waals surface area contributed by atoms with Crippen molar-refractivity contribution in [3.05, 3.63) is 64.2 Å². The molecule has 0 saturated carbocycles. The molecule has 0 saturated heterocycles. The van der Waals surface area contributed by atoms with Gasteiger partial charge in [0.25, 0.3) is 0 Å². The van der Waals surface area contributed by atoms with Gasteiger partial charge in [0.1, 0.15) is 5.75 Å². The molecule has 94 valence electrons. The lowest BCUT2D eigenvalue weighted by Crippen LogP contribution is -1.95. The third-order valence-corrected chi connectivity index (χ3v) is 3.59. The SMILES string of the molecule is COc1ccc(C(Cl)c2cccc(Cl)c2)cc1C. The molecule has 0 aromatic heterocycles. The second kappa shape index (κ2) is 5.64. The fourth-order valence-corrected chi connectivity index (χ4v) is 2.39. The number of hydrogen-bond donors (Lipinski definition) is 0. The molecular weight excluding hydrogens is 267 g/mol. The van der Waals surface area contributed by atoms with Gasteiger partial charge in [-0.2, -0.15) is 0 Å². The van der Waals surface area contributed by atoms with E-state index < -0.39 is 0 Å². The molecule has 0 radical (unpaired) electrons. The van der Waals surface area contributed by atoms with Crippen LogP contribution in [0, 0.1) is 6.92 Å². The Morgan fingerprint density at radius 2 is 1.78 bits per heavy atom. The topological polar surface area (TPSA) is 9.23 Å². The molecule has 0 bridgehead atoms. The van der Waals surface area contributed by atoms with E-state index in [-0.39, 0.29) is 5.38 Å². The first kappa shape index (κ1) is 13.3. The number of ether oxygens (including phenoxy) is 1. The van der Waals surface area contributed by atoms with E-state index in [0.717, 1.165) is 22.4 Å². The number of hydrogen-bond acceptors (Lipinski definition) is 1. The Kier molecular flexibility index (Phi) is 4.15.